The minimum atomic E-state index is -1.04. The Kier molecular flexibility index (Phi) is 44.6. The smallest absolute Gasteiger partial charge is 0.326 e. The lowest BCUT2D eigenvalue weighted by Crippen LogP contribution is -2.56. The lowest BCUT2D eigenvalue weighted by molar-refractivity contribution is -0.152. The predicted octanol–water partition coefficient (Wildman–Crippen LogP) is 7.07. The maximum atomic E-state index is 13.3. The van der Waals surface area contributed by atoms with Crippen molar-refractivity contribution in [2.24, 2.45) is 29.6 Å². The molecule has 10 aliphatic rings. The molecule has 5 heterocycles. The Morgan fingerprint density at radius 2 is 0.523 bits per heavy atom. The molecule has 38 heteroatoms. The number of nitrogens with zero attached hydrogens (tertiary/aromatic N) is 5. The van der Waals surface area contributed by atoms with Crippen LogP contribution in [0, 0.1) is 29.6 Å². The van der Waals surface area contributed by atoms with E-state index in [-0.39, 0.29) is 127 Å². The number of thioether (sulfide) groups is 1. The lowest BCUT2D eigenvalue weighted by atomic mass is 9.84. The Balaban J connectivity index is 0.000000248. The number of esters is 4. The molecular weight excluding hydrogens is 1690 g/mol. The summed E-state index contributed by atoms with van der Waals surface area (Å²) in [6.45, 7) is 24.8. The van der Waals surface area contributed by atoms with Crippen molar-refractivity contribution in [3.8, 4) is 0 Å². The van der Waals surface area contributed by atoms with Crippen LogP contribution in [-0.2, 0) is 95.7 Å². The van der Waals surface area contributed by atoms with Gasteiger partial charge in [-0.1, -0.05) is 90.9 Å². The summed E-state index contributed by atoms with van der Waals surface area (Å²) < 4.78 is 20.2. The van der Waals surface area contributed by atoms with Gasteiger partial charge in [0.25, 0.3) is 0 Å². The molecule has 5 saturated carbocycles. The Morgan fingerprint density at radius 3 is 0.789 bits per heavy atom. The summed E-state index contributed by atoms with van der Waals surface area (Å²) in [5.41, 5.74) is 0. The van der Waals surface area contributed by atoms with Crippen LogP contribution in [0.4, 0.5) is 0 Å². The van der Waals surface area contributed by atoms with Crippen LogP contribution >= 0.6 is 11.8 Å². The van der Waals surface area contributed by atoms with Crippen molar-refractivity contribution >= 4 is 107 Å². The molecule has 0 aromatic heterocycles. The van der Waals surface area contributed by atoms with Crippen LogP contribution in [-0.4, -0.2) is 314 Å². The van der Waals surface area contributed by atoms with Crippen LogP contribution in [0.5, 0.6) is 0 Å². The predicted molar refractivity (Wildman–Crippen MR) is 470 cm³/mol. The summed E-state index contributed by atoms with van der Waals surface area (Å²) in [4.78, 5) is 201. The molecule has 12 N–H and O–H groups in total. The zero-order valence-corrected chi connectivity index (χ0v) is 78.3. The first kappa shape index (κ1) is 108. The number of carbonyl (C=O) groups excluding carboxylic acids is 9. The molecule has 0 aromatic carbocycles. The maximum absolute atomic E-state index is 13.3. The summed E-state index contributed by atoms with van der Waals surface area (Å²) in [6.07, 6.45) is 24.6. The third-order valence-electron chi connectivity index (χ3n) is 27.1. The second kappa shape index (κ2) is 52.6. The molecule has 26 atom stereocenters. The Bertz CT molecular complexity index is 3750. The van der Waals surface area contributed by atoms with Gasteiger partial charge in [-0.25, -0.2) is 24.0 Å². The van der Waals surface area contributed by atoms with Gasteiger partial charge < -0.3 is 79.2 Å². The van der Waals surface area contributed by atoms with E-state index in [4.69, 9.17) is 24.1 Å². The van der Waals surface area contributed by atoms with Crippen molar-refractivity contribution in [2.75, 3.05) is 32.2 Å². The first-order valence-corrected chi connectivity index (χ1v) is 48.0. The van der Waals surface area contributed by atoms with Crippen molar-refractivity contribution in [3.63, 3.8) is 0 Å². The zero-order valence-electron chi connectivity index (χ0n) is 77.5. The number of carbonyl (C=O) groups is 16. The molecular formula is C90H148N10O27S. The number of ether oxygens (including phenoxy) is 4. The molecule has 1 unspecified atom stereocenters. The zero-order chi connectivity index (χ0) is 95.2. The van der Waals surface area contributed by atoms with Crippen molar-refractivity contribution in [1.82, 2.24) is 51.1 Å². The number of carboxylic acids is 7. The van der Waals surface area contributed by atoms with E-state index in [2.05, 4.69) is 26.6 Å². The highest BCUT2D eigenvalue weighted by Gasteiger charge is 2.54. The average Bonchev–Trinajstić information content (AvgIpc) is 1.66. The van der Waals surface area contributed by atoms with Crippen molar-refractivity contribution in [3.05, 3.63) is 0 Å². The Hall–Kier alpha value is -8.33. The van der Waals surface area contributed by atoms with Crippen molar-refractivity contribution in [2.45, 2.75) is 409 Å². The molecule has 5 saturated heterocycles. The van der Waals surface area contributed by atoms with Crippen LogP contribution in [0.1, 0.15) is 283 Å². The number of amides is 5. The number of fused-ring (bicyclic) bond motifs is 5. The van der Waals surface area contributed by atoms with E-state index in [0.29, 0.717) is 58.0 Å². The van der Waals surface area contributed by atoms with Crippen molar-refractivity contribution < 1.29 is 131 Å². The van der Waals surface area contributed by atoms with Gasteiger partial charge >= 0.3 is 65.7 Å². The molecule has 0 aromatic rings. The van der Waals surface area contributed by atoms with Crippen LogP contribution < -0.4 is 26.6 Å². The molecule has 0 radical (unpaired) electrons. The molecule has 37 nitrogen and oxygen atoms in total. The number of rotatable bonds is 37. The van der Waals surface area contributed by atoms with Gasteiger partial charge in [0.2, 0.25) is 29.5 Å². The fourth-order valence-electron chi connectivity index (χ4n) is 20.9. The summed E-state index contributed by atoms with van der Waals surface area (Å²) in [7, 11) is 0. The first-order chi connectivity index (χ1) is 60.7. The highest BCUT2D eigenvalue weighted by Crippen LogP contribution is 2.45. The molecule has 10 fully saturated rings. The Labute approximate surface area is 756 Å². The number of likely N-dealkylation sites (tertiary alicyclic amines) is 5. The van der Waals surface area contributed by atoms with Crippen LogP contribution in [0.2, 0.25) is 0 Å². The molecule has 5 aliphatic carbocycles. The van der Waals surface area contributed by atoms with Gasteiger partial charge in [-0.15, -0.1) is 11.8 Å². The maximum Gasteiger partial charge on any atom is 0.326 e. The van der Waals surface area contributed by atoms with Crippen molar-refractivity contribution in [1.29, 1.82) is 0 Å². The van der Waals surface area contributed by atoms with Gasteiger partial charge in [-0.3, -0.25) is 79.3 Å². The molecule has 10 rings (SSSR count). The van der Waals surface area contributed by atoms with Gasteiger partial charge in [-0.05, 0) is 222 Å². The largest absolute Gasteiger partial charge is 0.480 e. The number of nitrogens with one attached hydrogen (secondary N) is 5. The van der Waals surface area contributed by atoms with E-state index < -0.39 is 150 Å². The van der Waals surface area contributed by atoms with Gasteiger partial charge in [-0.2, -0.15) is 0 Å². The SMILES string of the molecule is CCC[C@H](N[C@@H](C)C(=O)N1[C@H](C(=O)O)C[C@@H]2CCCC[C@@H]21)C(=O)O.CCC[C@H](N[C@@H](C)C(=O)N1[C@H](C(=O)O)C[C@@H]2CCCC[C@@H]21)C(=O)OCC.CCOC(=O)C(C)SC[C@H](N[C@@H](C)C(=O)N1[C@H](C(=O)O)C[C@@H]2CCCC[C@@H]21)C(=O)OCC.CCOC(=O)[C@H](C)N[C@@H](C)C(=O)N1[C@H](C(=O)O)C[C@@H]2CCCC[C@@H]21.C[C@H](N[C@@H](C)C(=O)N1[C@H](C(=O)O)C[C@@H]2CCCC[C@@H]21)C(=O)O. The van der Waals surface area contributed by atoms with E-state index >= 15 is 0 Å². The van der Waals surface area contributed by atoms with E-state index in [1.54, 1.807) is 86.0 Å². The quantitative estimate of drug-likeness (QED) is 0.0218. The highest BCUT2D eigenvalue weighted by atomic mass is 32.2. The summed E-state index contributed by atoms with van der Waals surface area (Å²) in [5.74, 6) is -8.37. The molecule has 0 spiro atoms. The topological polar surface area (TPSA) is 528 Å². The van der Waals surface area contributed by atoms with Crippen LogP contribution in [0.3, 0.4) is 0 Å². The van der Waals surface area contributed by atoms with Crippen LogP contribution in [0.15, 0.2) is 0 Å². The molecule has 726 valence electrons. The van der Waals surface area contributed by atoms with Gasteiger partial charge in [0.15, 0.2) is 0 Å². The monoisotopic (exact) mass is 1830 g/mol. The Morgan fingerprint density at radius 1 is 0.289 bits per heavy atom. The summed E-state index contributed by atoms with van der Waals surface area (Å²) >= 11 is 1.24. The lowest BCUT2D eigenvalue weighted by Gasteiger charge is -2.35. The van der Waals surface area contributed by atoms with Crippen LogP contribution in [0.25, 0.3) is 0 Å². The normalized spacial score (nSPS) is 28.0. The summed E-state index contributed by atoms with van der Waals surface area (Å²) in [5, 5.41) is 80.1. The van der Waals surface area contributed by atoms with E-state index in [1.807, 2.05) is 13.8 Å². The third kappa shape index (κ3) is 29.3. The minimum Gasteiger partial charge on any atom is -0.480 e. The second-order valence-electron chi connectivity index (χ2n) is 36.0. The van der Waals surface area contributed by atoms with E-state index in [1.165, 1.54) is 33.4 Å². The van der Waals surface area contributed by atoms with Gasteiger partial charge in [0.1, 0.15) is 60.4 Å². The minimum absolute atomic E-state index is 0.00817. The molecule has 128 heavy (non-hydrogen) atoms. The molecule has 5 amide bonds. The third-order valence-corrected chi connectivity index (χ3v) is 28.3. The molecule has 0 bridgehead atoms. The second-order valence-corrected chi connectivity index (χ2v) is 37.4. The fourth-order valence-corrected chi connectivity index (χ4v) is 21.8. The molecule has 5 aliphatic heterocycles. The first-order valence-electron chi connectivity index (χ1n) is 47.0. The van der Waals surface area contributed by atoms with E-state index in [9.17, 15) is 107 Å². The fraction of sp³-hybridized carbons (Fsp3) is 0.822. The number of hydrogen-bond donors (Lipinski definition) is 12. The number of hydrogen-bond acceptors (Lipinski definition) is 26. The summed E-state index contributed by atoms with van der Waals surface area (Å²) in [6, 6.07) is -11.1. The standard InChI is InChI=1S/C22H36N2O7S.C19H32N2O5.2C17H28N2O5.C15H24N2O5/c1-5-30-21(28)14(4)32-12-16(22(29)31-6-2)23-13(3)19(25)24-17-10-8-7-9-15(17)11-18(24)20(26)27;1-4-8-14(19(25)26-5-2)20-12(3)17(22)21-15-10-7-6-9-13(15)11-16(21)18(23)24;1-4-24-17(23)11(3)18-10(2)15(20)19-13-8-6-5-7-12(13)9-14(19)16(21)22;1-3-6-12(16(21)22)18-10(2)15(20)19-13-8-5-4-7-11(13)9-14(19)17(23)24;1-8(16-9(2)14(19)20)13(18)17-11-6-4-3-5-10(11)7-12(17)15(21)22/h13-18,23H,5-12H2,1-4H3,(H,26,27);12-16,20H,4-11H2,1-3H3,(H,23,24);10-14,18H,4-9H2,1-3H3,(H,21,22);10-14,18H,3-9H2,1-2H3,(H,21,22)(H,23,24);8-12,16H,3-7H2,1-2H3,(H,19,20)(H,21,22)/t13-,14?,15-,16-,17-,18-;12-,13-,14-,15-,16-;2*10-,11-,12-,13-,14-;8-,9-,10-,11-,12-/m00000/s1. The number of carboxylic acid groups (broad SMARTS) is 7. The van der Waals surface area contributed by atoms with Gasteiger partial charge in [0.05, 0.1) is 61.9 Å². The highest BCUT2D eigenvalue weighted by molar-refractivity contribution is 8.00. The average molecular weight is 1830 g/mol. The number of aliphatic carboxylic acids is 7. The van der Waals surface area contributed by atoms with Gasteiger partial charge in [0, 0.05) is 36.0 Å². The van der Waals surface area contributed by atoms with E-state index in [0.717, 1.165) is 135 Å².